The molecule has 0 bridgehead atoms. The molecular formula is C14H23N3S. The fourth-order valence-electron chi connectivity index (χ4n) is 1.79. The maximum Gasteiger partial charge on any atom is 0.0868 e. The highest BCUT2D eigenvalue weighted by Crippen LogP contribution is 2.25. The topological polar surface area (TPSA) is 50.9 Å². The van der Waals surface area contributed by atoms with Crippen molar-refractivity contribution in [2.75, 3.05) is 6.54 Å². The fraction of sp³-hybridized carbons (Fsp3) is 0.571. The Morgan fingerprint density at radius 3 is 2.72 bits per heavy atom. The Hall–Kier alpha value is -1.00. The van der Waals surface area contributed by atoms with Crippen LogP contribution in [0.5, 0.6) is 0 Å². The molecule has 0 spiro atoms. The van der Waals surface area contributed by atoms with E-state index < -0.39 is 0 Å². The quantitative estimate of drug-likeness (QED) is 0.777. The molecule has 18 heavy (non-hydrogen) atoms. The van der Waals surface area contributed by atoms with Gasteiger partial charge in [0.25, 0.3) is 0 Å². The minimum atomic E-state index is -0.186. The van der Waals surface area contributed by atoms with Crippen molar-refractivity contribution in [3.8, 4) is 0 Å². The van der Waals surface area contributed by atoms with Crippen molar-refractivity contribution in [3.05, 3.63) is 29.6 Å². The number of hydrogen-bond acceptors (Lipinski definition) is 3. The summed E-state index contributed by atoms with van der Waals surface area (Å²) in [6.45, 7) is 9.18. The van der Waals surface area contributed by atoms with Gasteiger partial charge in [-0.3, -0.25) is 10.3 Å². The number of nitrogens with one attached hydrogen (secondary N) is 1. The van der Waals surface area contributed by atoms with Gasteiger partial charge in [0, 0.05) is 12.7 Å². The van der Waals surface area contributed by atoms with E-state index in [9.17, 15) is 0 Å². The lowest BCUT2D eigenvalue weighted by Gasteiger charge is -2.29. The molecule has 0 aliphatic rings. The average Bonchev–Trinajstić information content (AvgIpc) is 2.36. The third-order valence-corrected chi connectivity index (χ3v) is 3.52. The van der Waals surface area contributed by atoms with Crippen LogP contribution in [0.1, 0.15) is 51.3 Å². The van der Waals surface area contributed by atoms with Crippen LogP contribution >= 0.6 is 12.2 Å². The minimum absolute atomic E-state index is 0.186. The van der Waals surface area contributed by atoms with E-state index >= 15 is 0 Å². The molecule has 4 heteroatoms. The van der Waals surface area contributed by atoms with E-state index in [0.717, 1.165) is 12.1 Å². The standard InChI is InChI=1S/C14H23N3S/c1-5-14(4,17-9-13(15)18)12-8-11(10(2)3)6-7-16-12/h6-8,10,17H,5,9H2,1-4H3,(H2,15,18). The van der Waals surface area contributed by atoms with Gasteiger partial charge in [-0.15, -0.1) is 0 Å². The van der Waals surface area contributed by atoms with Crippen LogP contribution in [-0.2, 0) is 5.54 Å². The Morgan fingerprint density at radius 2 is 2.22 bits per heavy atom. The average molecular weight is 265 g/mol. The fourth-order valence-corrected chi connectivity index (χ4v) is 1.86. The molecule has 3 N–H and O–H groups in total. The Kier molecular flexibility index (Phi) is 5.23. The zero-order chi connectivity index (χ0) is 13.8. The SMILES string of the molecule is CCC(C)(NCC(N)=S)c1cc(C(C)C)ccn1. The number of rotatable bonds is 6. The molecule has 0 aliphatic heterocycles. The van der Waals surface area contributed by atoms with E-state index in [1.165, 1.54) is 5.56 Å². The third-order valence-electron chi connectivity index (χ3n) is 3.38. The largest absolute Gasteiger partial charge is 0.392 e. The highest BCUT2D eigenvalue weighted by atomic mass is 32.1. The maximum absolute atomic E-state index is 5.56. The van der Waals surface area contributed by atoms with E-state index in [-0.39, 0.29) is 5.54 Å². The second kappa shape index (κ2) is 6.25. The van der Waals surface area contributed by atoms with Gasteiger partial charge in [-0.2, -0.15) is 0 Å². The Morgan fingerprint density at radius 1 is 1.56 bits per heavy atom. The van der Waals surface area contributed by atoms with Crippen LogP contribution < -0.4 is 11.1 Å². The molecule has 1 aromatic heterocycles. The molecule has 0 amide bonds. The molecule has 0 radical (unpaired) electrons. The van der Waals surface area contributed by atoms with E-state index in [1.54, 1.807) is 0 Å². The van der Waals surface area contributed by atoms with Crippen molar-refractivity contribution in [2.24, 2.45) is 5.73 Å². The lowest BCUT2D eigenvalue weighted by molar-refractivity contribution is 0.364. The van der Waals surface area contributed by atoms with Gasteiger partial charge in [0.1, 0.15) is 0 Å². The number of nitrogens with zero attached hydrogens (tertiary/aromatic N) is 1. The van der Waals surface area contributed by atoms with E-state index in [4.69, 9.17) is 18.0 Å². The summed E-state index contributed by atoms with van der Waals surface area (Å²) in [6, 6.07) is 4.23. The van der Waals surface area contributed by atoms with Gasteiger partial charge in [0.05, 0.1) is 16.2 Å². The molecule has 1 unspecified atom stereocenters. The van der Waals surface area contributed by atoms with Crippen molar-refractivity contribution in [1.82, 2.24) is 10.3 Å². The number of hydrogen-bond donors (Lipinski definition) is 2. The van der Waals surface area contributed by atoms with Crippen molar-refractivity contribution >= 4 is 17.2 Å². The Balaban J connectivity index is 2.99. The molecule has 100 valence electrons. The van der Waals surface area contributed by atoms with Gasteiger partial charge in [-0.1, -0.05) is 33.0 Å². The van der Waals surface area contributed by atoms with Crippen molar-refractivity contribution in [2.45, 2.75) is 45.6 Å². The van der Waals surface area contributed by atoms with Gasteiger partial charge in [-0.25, -0.2) is 0 Å². The summed E-state index contributed by atoms with van der Waals surface area (Å²) in [5.74, 6) is 0.503. The second-order valence-corrected chi connectivity index (χ2v) is 5.66. The number of aromatic nitrogens is 1. The summed E-state index contributed by atoms with van der Waals surface area (Å²) in [5, 5.41) is 3.40. The van der Waals surface area contributed by atoms with Crippen LogP contribution in [0, 0.1) is 0 Å². The smallest absolute Gasteiger partial charge is 0.0868 e. The molecule has 3 nitrogen and oxygen atoms in total. The molecule has 1 rings (SSSR count). The van der Waals surface area contributed by atoms with Crippen LogP contribution in [0.25, 0.3) is 0 Å². The van der Waals surface area contributed by atoms with Gasteiger partial charge >= 0.3 is 0 Å². The van der Waals surface area contributed by atoms with Crippen molar-refractivity contribution < 1.29 is 0 Å². The molecule has 1 aromatic rings. The molecule has 0 aliphatic carbocycles. The van der Waals surface area contributed by atoms with Crippen molar-refractivity contribution in [1.29, 1.82) is 0 Å². The van der Waals surface area contributed by atoms with Gasteiger partial charge in [0.15, 0.2) is 0 Å². The van der Waals surface area contributed by atoms with Crippen LogP contribution in [0.2, 0.25) is 0 Å². The summed E-state index contributed by atoms with van der Waals surface area (Å²) < 4.78 is 0. The summed E-state index contributed by atoms with van der Waals surface area (Å²) in [5.41, 5.74) is 7.72. The predicted molar refractivity (Wildman–Crippen MR) is 80.8 cm³/mol. The van der Waals surface area contributed by atoms with Gasteiger partial charge < -0.3 is 5.73 Å². The first-order valence-electron chi connectivity index (χ1n) is 6.39. The summed E-state index contributed by atoms with van der Waals surface area (Å²) in [7, 11) is 0. The van der Waals surface area contributed by atoms with Crippen LogP contribution in [0.3, 0.4) is 0 Å². The van der Waals surface area contributed by atoms with E-state index in [2.05, 4.69) is 50.1 Å². The minimum Gasteiger partial charge on any atom is -0.392 e. The number of pyridine rings is 1. The van der Waals surface area contributed by atoms with Crippen LogP contribution in [-0.4, -0.2) is 16.5 Å². The van der Waals surface area contributed by atoms with Gasteiger partial charge in [-0.05, 0) is 37.0 Å². The molecule has 1 atom stereocenters. The maximum atomic E-state index is 5.56. The molecule has 0 saturated carbocycles. The van der Waals surface area contributed by atoms with Crippen LogP contribution in [0.15, 0.2) is 18.3 Å². The van der Waals surface area contributed by atoms with Crippen molar-refractivity contribution in [3.63, 3.8) is 0 Å². The molecule has 0 saturated heterocycles. The lowest BCUT2D eigenvalue weighted by atomic mass is 9.91. The number of thiocarbonyl (C=S) groups is 1. The number of nitrogens with two attached hydrogens (primary N) is 1. The van der Waals surface area contributed by atoms with E-state index in [1.807, 2.05) is 6.20 Å². The first-order chi connectivity index (χ1) is 8.39. The summed E-state index contributed by atoms with van der Waals surface area (Å²) in [6.07, 6.45) is 2.81. The van der Waals surface area contributed by atoms with Crippen LogP contribution in [0.4, 0.5) is 0 Å². The molecule has 1 heterocycles. The monoisotopic (exact) mass is 265 g/mol. The van der Waals surface area contributed by atoms with Gasteiger partial charge in [0.2, 0.25) is 0 Å². The zero-order valence-corrected chi connectivity index (χ0v) is 12.5. The predicted octanol–water partition coefficient (Wildman–Crippen LogP) is 2.71. The first kappa shape index (κ1) is 15.1. The van der Waals surface area contributed by atoms with E-state index in [0.29, 0.717) is 17.5 Å². The Labute approximate surface area is 115 Å². The lowest BCUT2D eigenvalue weighted by Crippen LogP contribution is -2.43. The third kappa shape index (κ3) is 3.75. The molecular weight excluding hydrogens is 242 g/mol. The molecule has 0 fully saturated rings. The highest BCUT2D eigenvalue weighted by Gasteiger charge is 2.25. The zero-order valence-electron chi connectivity index (χ0n) is 11.7. The summed E-state index contributed by atoms with van der Waals surface area (Å²) >= 11 is 4.92. The highest BCUT2D eigenvalue weighted by molar-refractivity contribution is 7.80. The second-order valence-electron chi connectivity index (χ2n) is 5.13. The first-order valence-corrected chi connectivity index (χ1v) is 6.79. The summed E-state index contributed by atoms with van der Waals surface area (Å²) in [4.78, 5) is 4.98. The normalized spacial score (nSPS) is 14.5. The molecule has 0 aromatic carbocycles. The Bertz CT molecular complexity index is 417.